The fraction of sp³-hybridized carbons (Fsp3) is 0.500. The number of hydrogen-bond donors (Lipinski definition) is 0. The van der Waals surface area contributed by atoms with Crippen LogP contribution in [0.15, 0.2) is 30.3 Å². The molecule has 0 heterocycles. The highest BCUT2D eigenvalue weighted by molar-refractivity contribution is 6.18. The van der Waals surface area contributed by atoms with Gasteiger partial charge in [0.25, 0.3) is 0 Å². The number of benzene rings is 1. The Morgan fingerprint density at radius 3 is 2.14 bits per heavy atom. The molecule has 1 nitrogen and oxygen atoms in total. The van der Waals surface area contributed by atoms with Crippen molar-refractivity contribution in [2.45, 2.75) is 19.9 Å². The van der Waals surface area contributed by atoms with Gasteiger partial charge >= 0.3 is 0 Å². The molecule has 0 aromatic heterocycles. The van der Waals surface area contributed by atoms with Gasteiger partial charge in [-0.15, -0.1) is 11.6 Å². The molecular weight excluding hydrogens is 194 g/mol. The van der Waals surface area contributed by atoms with E-state index in [1.807, 2.05) is 6.07 Å². The summed E-state index contributed by atoms with van der Waals surface area (Å²) in [4.78, 5) is 2.38. The van der Waals surface area contributed by atoms with Crippen molar-refractivity contribution in [3.05, 3.63) is 35.9 Å². The number of alkyl halides is 1. The van der Waals surface area contributed by atoms with Gasteiger partial charge in [0.15, 0.2) is 0 Å². The van der Waals surface area contributed by atoms with E-state index in [0.29, 0.717) is 11.9 Å². The van der Waals surface area contributed by atoms with Crippen LogP contribution in [0.4, 0.5) is 0 Å². The maximum atomic E-state index is 6.01. The van der Waals surface area contributed by atoms with Crippen LogP contribution in [0.2, 0.25) is 0 Å². The van der Waals surface area contributed by atoms with E-state index < -0.39 is 0 Å². The molecule has 0 saturated heterocycles. The summed E-state index contributed by atoms with van der Waals surface area (Å²) in [5.41, 5.74) is 1.31. The maximum Gasteiger partial charge on any atom is 0.0483 e. The van der Waals surface area contributed by atoms with E-state index in [0.717, 1.165) is 13.1 Å². The van der Waals surface area contributed by atoms with E-state index >= 15 is 0 Å². The molecule has 0 radical (unpaired) electrons. The second kappa shape index (κ2) is 6.05. The molecule has 0 fully saturated rings. The van der Waals surface area contributed by atoms with Crippen molar-refractivity contribution in [2.75, 3.05) is 19.0 Å². The molecule has 0 bridgehead atoms. The van der Waals surface area contributed by atoms with Gasteiger partial charge in [-0.3, -0.25) is 4.90 Å². The second-order valence-electron chi connectivity index (χ2n) is 3.30. The highest BCUT2D eigenvalue weighted by Gasteiger charge is 2.15. The molecule has 1 aromatic rings. The van der Waals surface area contributed by atoms with Crippen LogP contribution < -0.4 is 0 Å². The molecule has 0 saturated carbocycles. The van der Waals surface area contributed by atoms with Crippen molar-refractivity contribution < 1.29 is 0 Å². The van der Waals surface area contributed by atoms with Gasteiger partial charge in [0, 0.05) is 11.9 Å². The molecule has 2 heteroatoms. The van der Waals surface area contributed by atoms with Gasteiger partial charge in [-0.1, -0.05) is 44.2 Å². The molecule has 78 valence electrons. The van der Waals surface area contributed by atoms with E-state index in [4.69, 9.17) is 11.6 Å². The molecule has 1 atom stereocenters. The number of nitrogens with zero attached hydrogens (tertiary/aromatic N) is 1. The topological polar surface area (TPSA) is 3.24 Å². The predicted octanol–water partition coefficient (Wildman–Crippen LogP) is 3.31. The van der Waals surface area contributed by atoms with Crippen LogP contribution in [0.25, 0.3) is 0 Å². The van der Waals surface area contributed by atoms with E-state index in [9.17, 15) is 0 Å². The van der Waals surface area contributed by atoms with E-state index in [1.165, 1.54) is 5.56 Å². The minimum absolute atomic E-state index is 0.355. The lowest BCUT2D eigenvalue weighted by Gasteiger charge is -2.28. The lowest BCUT2D eigenvalue weighted by atomic mass is 10.1. The molecule has 0 amide bonds. The van der Waals surface area contributed by atoms with Gasteiger partial charge in [-0.25, -0.2) is 0 Å². The monoisotopic (exact) mass is 211 g/mol. The Bertz CT molecular complexity index is 244. The molecule has 0 spiro atoms. The van der Waals surface area contributed by atoms with Crippen LogP contribution in [0.3, 0.4) is 0 Å². The third-order valence-corrected chi connectivity index (χ3v) is 2.88. The van der Waals surface area contributed by atoms with Gasteiger partial charge in [-0.2, -0.15) is 0 Å². The summed E-state index contributed by atoms with van der Waals surface area (Å²) in [6, 6.07) is 10.8. The lowest BCUT2D eigenvalue weighted by molar-refractivity contribution is 0.237. The highest BCUT2D eigenvalue weighted by atomic mass is 35.5. The van der Waals surface area contributed by atoms with Crippen molar-refractivity contribution in [3.63, 3.8) is 0 Å². The standard InChI is InChI=1S/C12H18ClN/c1-3-14(4-2)12(10-13)11-8-6-5-7-9-11/h5-9,12H,3-4,10H2,1-2H3. The van der Waals surface area contributed by atoms with Gasteiger partial charge in [0.1, 0.15) is 0 Å². The highest BCUT2D eigenvalue weighted by Crippen LogP contribution is 2.21. The maximum absolute atomic E-state index is 6.01. The van der Waals surface area contributed by atoms with Gasteiger partial charge in [0.2, 0.25) is 0 Å². The van der Waals surface area contributed by atoms with Crippen LogP contribution in [0, 0.1) is 0 Å². The molecule has 0 N–H and O–H groups in total. The number of hydrogen-bond acceptors (Lipinski definition) is 1. The van der Waals surface area contributed by atoms with Crippen LogP contribution >= 0.6 is 11.6 Å². The molecule has 0 aliphatic carbocycles. The molecular formula is C12H18ClN. The average molecular weight is 212 g/mol. The predicted molar refractivity (Wildman–Crippen MR) is 62.8 cm³/mol. The Labute approximate surface area is 91.7 Å². The van der Waals surface area contributed by atoms with Gasteiger partial charge in [-0.05, 0) is 18.7 Å². The van der Waals surface area contributed by atoms with Crippen LogP contribution in [0.1, 0.15) is 25.5 Å². The molecule has 0 aliphatic heterocycles. The Balaban J connectivity index is 2.81. The smallest absolute Gasteiger partial charge is 0.0483 e. The third-order valence-electron chi connectivity index (χ3n) is 2.58. The first kappa shape index (κ1) is 11.5. The van der Waals surface area contributed by atoms with Crippen molar-refractivity contribution in [3.8, 4) is 0 Å². The fourth-order valence-electron chi connectivity index (χ4n) is 1.74. The zero-order chi connectivity index (χ0) is 10.4. The SMILES string of the molecule is CCN(CC)C(CCl)c1ccccc1. The van der Waals surface area contributed by atoms with Crippen molar-refractivity contribution in [1.82, 2.24) is 4.90 Å². The minimum Gasteiger partial charge on any atom is -0.296 e. The third kappa shape index (κ3) is 2.73. The lowest BCUT2D eigenvalue weighted by Crippen LogP contribution is -2.29. The fourth-order valence-corrected chi connectivity index (χ4v) is 2.11. The summed E-state index contributed by atoms with van der Waals surface area (Å²) < 4.78 is 0. The normalized spacial score (nSPS) is 13.1. The summed E-state index contributed by atoms with van der Waals surface area (Å²) in [7, 11) is 0. The zero-order valence-corrected chi connectivity index (χ0v) is 9.67. The first-order valence-electron chi connectivity index (χ1n) is 5.18. The Hall–Kier alpha value is -0.530. The molecule has 1 aromatic carbocycles. The van der Waals surface area contributed by atoms with Crippen molar-refractivity contribution >= 4 is 11.6 Å². The molecule has 0 aliphatic rings. The largest absolute Gasteiger partial charge is 0.296 e. The summed E-state index contributed by atoms with van der Waals surface area (Å²) in [5.74, 6) is 0.658. The van der Waals surface area contributed by atoms with Crippen molar-refractivity contribution in [2.24, 2.45) is 0 Å². The van der Waals surface area contributed by atoms with E-state index in [2.05, 4.69) is 43.0 Å². The Kier molecular flexibility index (Phi) is 4.99. The zero-order valence-electron chi connectivity index (χ0n) is 8.91. The van der Waals surface area contributed by atoms with Crippen molar-refractivity contribution in [1.29, 1.82) is 0 Å². The minimum atomic E-state index is 0.355. The van der Waals surface area contributed by atoms with E-state index in [-0.39, 0.29) is 0 Å². The van der Waals surface area contributed by atoms with Crippen LogP contribution in [-0.2, 0) is 0 Å². The summed E-state index contributed by atoms with van der Waals surface area (Å²) in [6.07, 6.45) is 0. The Morgan fingerprint density at radius 2 is 1.71 bits per heavy atom. The summed E-state index contributed by atoms with van der Waals surface area (Å²) in [6.45, 7) is 6.43. The molecule has 14 heavy (non-hydrogen) atoms. The van der Waals surface area contributed by atoms with Gasteiger partial charge in [0.05, 0.1) is 0 Å². The first-order valence-corrected chi connectivity index (χ1v) is 5.71. The van der Waals surface area contributed by atoms with Gasteiger partial charge < -0.3 is 0 Å². The van der Waals surface area contributed by atoms with Crippen LogP contribution in [-0.4, -0.2) is 23.9 Å². The van der Waals surface area contributed by atoms with E-state index in [1.54, 1.807) is 0 Å². The molecule has 1 rings (SSSR count). The first-order chi connectivity index (χ1) is 6.83. The second-order valence-corrected chi connectivity index (χ2v) is 3.61. The Morgan fingerprint density at radius 1 is 1.14 bits per heavy atom. The number of halogens is 1. The summed E-state index contributed by atoms with van der Waals surface area (Å²) >= 11 is 6.01. The number of rotatable bonds is 5. The molecule has 1 unspecified atom stereocenters. The average Bonchev–Trinajstić information content (AvgIpc) is 2.27. The summed E-state index contributed by atoms with van der Waals surface area (Å²) in [5, 5.41) is 0. The van der Waals surface area contributed by atoms with Crippen LogP contribution in [0.5, 0.6) is 0 Å². The quantitative estimate of drug-likeness (QED) is 0.676.